The fourth-order valence-electron chi connectivity index (χ4n) is 2.88. The zero-order chi connectivity index (χ0) is 17.8. The summed E-state index contributed by atoms with van der Waals surface area (Å²) in [4.78, 5) is 4.69. The summed E-state index contributed by atoms with van der Waals surface area (Å²) in [5, 5.41) is 15.9. The Hall–Kier alpha value is -1.63. The van der Waals surface area contributed by atoms with Gasteiger partial charge >= 0.3 is 0 Å². The molecule has 0 aliphatic carbocycles. The molecule has 0 amide bonds. The second kappa shape index (κ2) is 11.1. The third-order valence-corrected chi connectivity index (χ3v) is 4.39. The molecule has 1 saturated heterocycles. The molecule has 1 fully saturated rings. The van der Waals surface area contributed by atoms with Crippen LogP contribution in [0.25, 0.3) is 0 Å². The zero-order valence-electron chi connectivity index (χ0n) is 15.2. The van der Waals surface area contributed by atoms with Crippen LogP contribution in [0.1, 0.15) is 25.3 Å². The Labute approximate surface area is 150 Å². The predicted octanol–water partition coefficient (Wildman–Crippen LogP) is 1.55. The summed E-state index contributed by atoms with van der Waals surface area (Å²) < 4.78 is 11.2. The van der Waals surface area contributed by atoms with E-state index in [-0.39, 0.29) is 12.0 Å². The van der Waals surface area contributed by atoms with Crippen molar-refractivity contribution in [2.75, 3.05) is 46.1 Å². The average Bonchev–Trinajstić information content (AvgIpc) is 3.09. The first kappa shape index (κ1) is 19.7. The van der Waals surface area contributed by atoms with Gasteiger partial charge in [0.15, 0.2) is 5.96 Å². The van der Waals surface area contributed by atoms with E-state index in [1.165, 1.54) is 5.56 Å². The minimum Gasteiger partial charge on any atom is -0.396 e. The lowest BCUT2D eigenvalue weighted by Crippen LogP contribution is -2.40. The molecule has 0 saturated carbocycles. The molecule has 1 heterocycles. The third-order valence-electron chi connectivity index (χ3n) is 4.39. The maximum atomic E-state index is 9.30. The number of ether oxygens (including phenoxy) is 2. The molecule has 3 N–H and O–H groups in total. The molecule has 1 aromatic rings. The molecule has 1 aliphatic heterocycles. The minimum absolute atomic E-state index is 0.0269. The number of hydrogen-bond acceptors (Lipinski definition) is 4. The molecule has 25 heavy (non-hydrogen) atoms. The first-order valence-electron chi connectivity index (χ1n) is 9.10. The number of nitrogens with zero attached hydrogens (tertiary/aromatic N) is 1. The highest BCUT2D eigenvalue weighted by Crippen LogP contribution is 2.32. The summed E-state index contributed by atoms with van der Waals surface area (Å²) in [6.07, 6.45) is 1.69. The van der Waals surface area contributed by atoms with Gasteiger partial charge in [-0.15, -0.1) is 0 Å². The summed E-state index contributed by atoms with van der Waals surface area (Å²) >= 11 is 0. The molecular formula is C19H31N3O3. The van der Waals surface area contributed by atoms with Crippen molar-refractivity contribution in [3.8, 4) is 0 Å². The van der Waals surface area contributed by atoms with Crippen LogP contribution in [0.2, 0.25) is 0 Å². The van der Waals surface area contributed by atoms with Crippen molar-refractivity contribution >= 4 is 5.96 Å². The van der Waals surface area contributed by atoms with Crippen molar-refractivity contribution in [2.24, 2.45) is 10.4 Å². The number of rotatable bonds is 10. The fourth-order valence-corrected chi connectivity index (χ4v) is 2.88. The van der Waals surface area contributed by atoms with Crippen LogP contribution in [-0.4, -0.2) is 57.1 Å². The molecule has 0 bridgehead atoms. The van der Waals surface area contributed by atoms with Gasteiger partial charge in [0.25, 0.3) is 0 Å². The lowest BCUT2D eigenvalue weighted by atomic mass is 9.84. The Morgan fingerprint density at radius 3 is 2.84 bits per heavy atom. The first-order valence-corrected chi connectivity index (χ1v) is 9.10. The van der Waals surface area contributed by atoms with Gasteiger partial charge in [-0.2, -0.15) is 0 Å². The van der Waals surface area contributed by atoms with Gasteiger partial charge in [-0.05, 0) is 25.3 Å². The maximum absolute atomic E-state index is 9.30. The monoisotopic (exact) mass is 349 g/mol. The van der Waals surface area contributed by atoms with Crippen LogP contribution in [0.15, 0.2) is 35.3 Å². The van der Waals surface area contributed by atoms with Gasteiger partial charge in [-0.3, -0.25) is 4.99 Å². The molecule has 140 valence electrons. The predicted molar refractivity (Wildman–Crippen MR) is 99.7 cm³/mol. The van der Waals surface area contributed by atoms with Crippen molar-refractivity contribution in [3.05, 3.63) is 35.9 Å². The third kappa shape index (κ3) is 7.02. The molecule has 1 unspecified atom stereocenters. The Kier molecular flexibility index (Phi) is 8.72. The van der Waals surface area contributed by atoms with Crippen molar-refractivity contribution in [1.29, 1.82) is 0 Å². The van der Waals surface area contributed by atoms with E-state index >= 15 is 0 Å². The quantitative estimate of drug-likeness (QED) is 0.339. The van der Waals surface area contributed by atoms with E-state index in [2.05, 4.69) is 27.8 Å². The highest BCUT2D eigenvalue weighted by atomic mass is 16.5. The van der Waals surface area contributed by atoms with Gasteiger partial charge in [0.05, 0.1) is 26.4 Å². The van der Waals surface area contributed by atoms with Gasteiger partial charge < -0.3 is 25.2 Å². The van der Waals surface area contributed by atoms with Gasteiger partial charge in [-0.25, -0.2) is 0 Å². The Balaban J connectivity index is 1.73. The molecule has 0 radical (unpaired) electrons. The zero-order valence-corrected chi connectivity index (χ0v) is 15.2. The highest BCUT2D eigenvalue weighted by molar-refractivity contribution is 5.79. The number of aliphatic imine (C=N–C) groups is 1. The Morgan fingerprint density at radius 1 is 1.32 bits per heavy atom. The van der Waals surface area contributed by atoms with Crippen molar-refractivity contribution < 1.29 is 14.6 Å². The summed E-state index contributed by atoms with van der Waals surface area (Å²) in [5.74, 6) is 0.787. The molecule has 6 heteroatoms. The van der Waals surface area contributed by atoms with Crippen LogP contribution in [-0.2, 0) is 16.1 Å². The lowest BCUT2D eigenvalue weighted by molar-refractivity contribution is 0.125. The van der Waals surface area contributed by atoms with Crippen LogP contribution < -0.4 is 10.6 Å². The highest BCUT2D eigenvalue weighted by Gasteiger charge is 2.34. The van der Waals surface area contributed by atoms with E-state index in [4.69, 9.17) is 9.47 Å². The number of guanidine groups is 1. The van der Waals surface area contributed by atoms with Crippen LogP contribution in [0.3, 0.4) is 0 Å². The number of hydrogen-bond donors (Lipinski definition) is 3. The van der Waals surface area contributed by atoms with E-state index in [0.29, 0.717) is 32.9 Å². The van der Waals surface area contributed by atoms with E-state index in [0.717, 1.165) is 32.0 Å². The summed E-state index contributed by atoms with van der Waals surface area (Å²) in [7, 11) is 0. The van der Waals surface area contributed by atoms with Crippen LogP contribution >= 0.6 is 0 Å². The Morgan fingerprint density at radius 2 is 2.16 bits per heavy atom. The molecule has 0 aromatic heterocycles. The van der Waals surface area contributed by atoms with Crippen LogP contribution in [0.5, 0.6) is 0 Å². The number of benzene rings is 1. The molecular weight excluding hydrogens is 318 g/mol. The summed E-state index contributed by atoms with van der Waals surface area (Å²) in [6, 6.07) is 10.2. The Bertz CT molecular complexity index is 502. The van der Waals surface area contributed by atoms with Crippen LogP contribution in [0, 0.1) is 5.41 Å². The van der Waals surface area contributed by atoms with E-state index in [1.54, 1.807) is 0 Å². The number of aliphatic hydroxyl groups is 1. The maximum Gasteiger partial charge on any atom is 0.191 e. The summed E-state index contributed by atoms with van der Waals surface area (Å²) in [6.45, 7) is 7.05. The van der Waals surface area contributed by atoms with Crippen molar-refractivity contribution in [1.82, 2.24) is 10.6 Å². The molecule has 1 atom stereocenters. The van der Waals surface area contributed by atoms with Gasteiger partial charge in [0.2, 0.25) is 0 Å². The normalized spacial score (nSPS) is 20.6. The van der Waals surface area contributed by atoms with E-state index in [9.17, 15) is 5.11 Å². The van der Waals surface area contributed by atoms with Crippen molar-refractivity contribution in [3.63, 3.8) is 0 Å². The smallest absolute Gasteiger partial charge is 0.191 e. The molecule has 0 spiro atoms. The van der Waals surface area contributed by atoms with Gasteiger partial charge in [0, 0.05) is 31.7 Å². The fraction of sp³-hybridized carbons (Fsp3) is 0.632. The standard InChI is InChI=1S/C19H31N3O3/c1-2-20-18(22-15-19(8-11-23)9-12-25-16-19)21-10-13-24-14-17-6-4-3-5-7-17/h3-7,23H,2,8-16H2,1H3,(H2,20,21,22). The van der Waals surface area contributed by atoms with Crippen LogP contribution in [0.4, 0.5) is 0 Å². The van der Waals surface area contributed by atoms with Crippen molar-refractivity contribution in [2.45, 2.75) is 26.4 Å². The van der Waals surface area contributed by atoms with E-state index in [1.807, 2.05) is 25.1 Å². The first-order chi connectivity index (χ1) is 12.3. The number of aliphatic hydroxyl groups excluding tert-OH is 1. The average molecular weight is 349 g/mol. The van der Waals surface area contributed by atoms with E-state index < -0.39 is 0 Å². The lowest BCUT2D eigenvalue weighted by Gasteiger charge is -2.24. The largest absolute Gasteiger partial charge is 0.396 e. The molecule has 2 rings (SSSR count). The second-order valence-electron chi connectivity index (χ2n) is 6.44. The number of nitrogens with one attached hydrogen (secondary N) is 2. The molecule has 1 aliphatic rings. The topological polar surface area (TPSA) is 75.1 Å². The minimum atomic E-state index is -0.0269. The van der Waals surface area contributed by atoms with Gasteiger partial charge in [0.1, 0.15) is 0 Å². The SMILES string of the molecule is CCNC(=NCC1(CCO)CCOC1)NCCOCc1ccccc1. The molecule has 1 aromatic carbocycles. The second-order valence-corrected chi connectivity index (χ2v) is 6.44. The summed E-state index contributed by atoms with van der Waals surface area (Å²) in [5.41, 5.74) is 1.15. The van der Waals surface area contributed by atoms with Gasteiger partial charge in [-0.1, -0.05) is 30.3 Å². The molecule has 6 nitrogen and oxygen atoms in total.